The standard InChI is InChI=1S/C20H20N2O4/c1-15(2)22(13-16-7-4-3-5-8-16)19(23)14-26-20(24)17(12-21)11-18-9-6-10-25-18/h3-11,15H,13-14H2,1-2H3/b17-11+. The highest BCUT2D eigenvalue weighted by Gasteiger charge is 2.20. The monoisotopic (exact) mass is 352 g/mol. The lowest BCUT2D eigenvalue weighted by Crippen LogP contribution is -2.39. The van der Waals surface area contributed by atoms with Crippen LogP contribution in [0.4, 0.5) is 0 Å². The number of carbonyl (C=O) groups is 2. The van der Waals surface area contributed by atoms with Crippen molar-refractivity contribution in [1.82, 2.24) is 4.90 Å². The first-order chi connectivity index (χ1) is 12.5. The smallest absolute Gasteiger partial charge is 0.349 e. The normalized spacial score (nSPS) is 11.1. The molecule has 1 amide bonds. The van der Waals surface area contributed by atoms with Gasteiger partial charge in [-0.2, -0.15) is 5.26 Å². The van der Waals surface area contributed by atoms with Crippen molar-refractivity contribution in [3.8, 4) is 6.07 Å². The van der Waals surface area contributed by atoms with Crippen molar-refractivity contribution in [1.29, 1.82) is 5.26 Å². The van der Waals surface area contributed by atoms with E-state index >= 15 is 0 Å². The van der Waals surface area contributed by atoms with Gasteiger partial charge in [-0.25, -0.2) is 4.79 Å². The second-order valence-corrected chi connectivity index (χ2v) is 5.86. The van der Waals surface area contributed by atoms with Gasteiger partial charge in [0.2, 0.25) is 0 Å². The van der Waals surface area contributed by atoms with Gasteiger partial charge in [0.1, 0.15) is 17.4 Å². The molecule has 0 saturated heterocycles. The Bertz CT molecular complexity index is 802. The van der Waals surface area contributed by atoms with E-state index in [0.717, 1.165) is 5.56 Å². The van der Waals surface area contributed by atoms with Gasteiger partial charge in [-0.15, -0.1) is 0 Å². The van der Waals surface area contributed by atoms with Gasteiger partial charge in [-0.05, 0) is 31.5 Å². The van der Waals surface area contributed by atoms with Crippen molar-refractivity contribution in [3.63, 3.8) is 0 Å². The highest BCUT2D eigenvalue weighted by Crippen LogP contribution is 2.11. The minimum absolute atomic E-state index is 0.0597. The van der Waals surface area contributed by atoms with Gasteiger partial charge >= 0.3 is 5.97 Å². The van der Waals surface area contributed by atoms with Crippen LogP contribution in [0.2, 0.25) is 0 Å². The molecule has 1 aromatic heterocycles. The van der Waals surface area contributed by atoms with Gasteiger partial charge in [-0.1, -0.05) is 30.3 Å². The van der Waals surface area contributed by atoms with Crippen molar-refractivity contribution in [2.24, 2.45) is 0 Å². The van der Waals surface area contributed by atoms with Crippen molar-refractivity contribution >= 4 is 18.0 Å². The van der Waals surface area contributed by atoms with Crippen molar-refractivity contribution < 1.29 is 18.7 Å². The maximum atomic E-state index is 12.4. The van der Waals surface area contributed by atoms with Crippen LogP contribution in [-0.4, -0.2) is 29.4 Å². The highest BCUT2D eigenvalue weighted by molar-refractivity contribution is 5.98. The molecule has 0 unspecified atom stereocenters. The fraction of sp³-hybridized carbons (Fsp3) is 0.250. The van der Waals surface area contributed by atoms with Crippen LogP contribution in [0.5, 0.6) is 0 Å². The van der Waals surface area contributed by atoms with E-state index in [0.29, 0.717) is 12.3 Å². The Balaban J connectivity index is 1.98. The number of ether oxygens (including phenoxy) is 1. The van der Waals surface area contributed by atoms with Gasteiger partial charge in [0.25, 0.3) is 5.91 Å². The average Bonchev–Trinajstić information content (AvgIpc) is 3.15. The van der Waals surface area contributed by atoms with Crippen LogP contribution < -0.4 is 0 Å². The minimum Gasteiger partial charge on any atom is -0.465 e. The Hall–Kier alpha value is -3.33. The summed E-state index contributed by atoms with van der Waals surface area (Å²) in [6, 6.07) is 14.5. The molecular formula is C20H20N2O4. The summed E-state index contributed by atoms with van der Waals surface area (Å²) in [5, 5.41) is 9.10. The number of hydrogen-bond donors (Lipinski definition) is 0. The summed E-state index contributed by atoms with van der Waals surface area (Å²) in [6.45, 7) is 3.77. The molecule has 0 aliphatic carbocycles. The lowest BCUT2D eigenvalue weighted by molar-refractivity contribution is -0.149. The predicted molar refractivity (Wildman–Crippen MR) is 95.4 cm³/mol. The molecule has 134 valence electrons. The maximum absolute atomic E-state index is 12.4. The predicted octanol–water partition coefficient (Wildman–Crippen LogP) is 3.17. The number of amides is 1. The molecule has 0 bridgehead atoms. The molecule has 0 fully saturated rings. The van der Waals surface area contributed by atoms with Crippen LogP contribution in [-0.2, 0) is 20.9 Å². The van der Waals surface area contributed by atoms with E-state index in [1.165, 1.54) is 12.3 Å². The number of carbonyl (C=O) groups excluding carboxylic acids is 2. The van der Waals surface area contributed by atoms with Crippen molar-refractivity contribution in [3.05, 3.63) is 65.6 Å². The summed E-state index contributed by atoms with van der Waals surface area (Å²) in [5.74, 6) is -0.828. The van der Waals surface area contributed by atoms with Crippen molar-refractivity contribution in [2.45, 2.75) is 26.4 Å². The fourth-order valence-corrected chi connectivity index (χ4v) is 2.28. The summed E-state index contributed by atoms with van der Waals surface area (Å²) in [6.07, 6.45) is 2.71. The Labute approximate surface area is 152 Å². The molecule has 26 heavy (non-hydrogen) atoms. The van der Waals surface area contributed by atoms with Crippen LogP contribution in [0.25, 0.3) is 6.08 Å². The minimum atomic E-state index is -0.860. The van der Waals surface area contributed by atoms with Gasteiger partial charge in [0, 0.05) is 18.7 Å². The molecule has 2 aromatic rings. The van der Waals surface area contributed by atoms with E-state index < -0.39 is 12.6 Å². The molecule has 0 saturated carbocycles. The first-order valence-electron chi connectivity index (χ1n) is 8.17. The number of rotatable bonds is 7. The van der Waals surface area contributed by atoms with E-state index in [2.05, 4.69) is 0 Å². The summed E-state index contributed by atoms with van der Waals surface area (Å²) in [7, 11) is 0. The molecule has 0 aliphatic rings. The van der Waals surface area contributed by atoms with Crippen molar-refractivity contribution in [2.75, 3.05) is 6.61 Å². The van der Waals surface area contributed by atoms with E-state index in [9.17, 15) is 9.59 Å². The summed E-state index contributed by atoms with van der Waals surface area (Å²) in [5.41, 5.74) is 0.753. The molecule has 1 aromatic carbocycles. The quantitative estimate of drug-likeness (QED) is 0.434. The zero-order chi connectivity index (χ0) is 18.9. The molecule has 0 radical (unpaired) electrons. The molecule has 0 aliphatic heterocycles. The molecule has 6 nitrogen and oxygen atoms in total. The zero-order valence-corrected chi connectivity index (χ0v) is 14.7. The zero-order valence-electron chi connectivity index (χ0n) is 14.7. The van der Waals surface area contributed by atoms with E-state index in [1.807, 2.05) is 44.2 Å². The number of furan rings is 1. The molecule has 0 N–H and O–H groups in total. The summed E-state index contributed by atoms with van der Waals surface area (Å²) >= 11 is 0. The SMILES string of the molecule is CC(C)N(Cc1ccccc1)C(=O)COC(=O)/C(C#N)=C/c1ccco1. The number of hydrogen-bond acceptors (Lipinski definition) is 5. The van der Waals surface area contributed by atoms with Crippen LogP contribution in [0.1, 0.15) is 25.2 Å². The van der Waals surface area contributed by atoms with E-state index in [4.69, 9.17) is 14.4 Å². The van der Waals surface area contributed by atoms with Gasteiger partial charge in [0.05, 0.1) is 6.26 Å². The molecule has 0 spiro atoms. The Morgan fingerprint density at radius 3 is 2.54 bits per heavy atom. The Morgan fingerprint density at radius 2 is 1.96 bits per heavy atom. The number of nitriles is 1. The fourth-order valence-electron chi connectivity index (χ4n) is 2.28. The van der Waals surface area contributed by atoms with Gasteiger partial charge in [-0.3, -0.25) is 4.79 Å². The molecular weight excluding hydrogens is 332 g/mol. The molecule has 6 heteroatoms. The molecule has 2 rings (SSSR count). The highest BCUT2D eigenvalue weighted by atomic mass is 16.5. The largest absolute Gasteiger partial charge is 0.465 e. The number of nitrogens with zero attached hydrogens (tertiary/aromatic N) is 2. The Kier molecular flexibility index (Phi) is 6.75. The topological polar surface area (TPSA) is 83.5 Å². The summed E-state index contributed by atoms with van der Waals surface area (Å²) in [4.78, 5) is 26.1. The third-order valence-corrected chi connectivity index (χ3v) is 3.64. The van der Waals surface area contributed by atoms with E-state index in [1.54, 1.807) is 23.1 Å². The van der Waals surface area contributed by atoms with Gasteiger partial charge < -0.3 is 14.1 Å². The number of esters is 1. The first-order valence-corrected chi connectivity index (χ1v) is 8.17. The first kappa shape index (κ1) is 19.0. The van der Waals surface area contributed by atoms with Crippen LogP contribution in [0.15, 0.2) is 58.7 Å². The second kappa shape index (κ2) is 9.23. The van der Waals surface area contributed by atoms with Crippen LogP contribution in [0.3, 0.4) is 0 Å². The lowest BCUT2D eigenvalue weighted by atomic mass is 10.2. The number of benzene rings is 1. The Morgan fingerprint density at radius 1 is 1.23 bits per heavy atom. The maximum Gasteiger partial charge on any atom is 0.349 e. The lowest BCUT2D eigenvalue weighted by Gasteiger charge is -2.26. The summed E-state index contributed by atoms with van der Waals surface area (Å²) < 4.78 is 10.1. The van der Waals surface area contributed by atoms with E-state index in [-0.39, 0.29) is 17.5 Å². The average molecular weight is 352 g/mol. The third kappa shape index (κ3) is 5.35. The third-order valence-electron chi connectivity index (χ3n) is 3.64. The molecule has 0 atom stereocenters. The second-order valence-electron chi connectivity index (χ2n) is 5.86. The van der Waals surface area contributed by atoms with Crippen LogP contribution in [0, 0.1) is 11.3 Å². The molecule has 1 heterocycles. The van der Waals surface area contributed by atoms with Crippen LogP contribution >= 0.6 is 0 Å². The van der Waals surface area contributed by atoms with Gasteiger partial charge in [0.15, 0.2) is 6.61 Å².